The van der Waals surface area contributed by atoms with Crippen molar-refractivity contribution in [3.63, 3.8) is 0 Å². The highest BCUT2D eigenvalue weighted by molar-refractivity contribution is 5.97. The fourth-order valence-electron chi connectivity index (χ4n) is 1.32. The Bertz CT molecular complexity index is 546. The Kier molecular flexibility index (Phi) is 5.28. The lowest BCUT2D eigenvalue weighted by Gasteiger charge is -2.16. The summed E-state index contributed by atoms with van der Waals surface area (Å²) in [5, 5.41) is 2.19. The monoisotopic (exact) mass is 303 g/mol. The number of aromatic nitrogens is 1. The molecule has 21 heavy (non-hydrogen) atoms. The van der Waals surface area contributed by atoms with Crippen molar-refractivity contribution in [1.29, 1.82) is 0 Å². The van der Waals surface area contributed by atoms with Crippen LogP contribution in [0.3, 0.4) is 0 Å². The highest BCUT2D eigenvalue weighted by atomic mass is 19.4. The van der Waals surface area contributed by atoms with Gasteiger partial charge in [0, 0.05) is 13.2 Å². The summed E-state index contributed by atoms with van der Waals surface area (Å²) in [6.45, 7) is 2.89. The lowest BCUT2D eigenvalue weighted by Crippen LogP contribution is -2.34. The van der Waals surface area contributed by atoms with Gasteiger partial charge < -0.3 is 15.0 Å². The summed E-state index contributed by atoms with van der Waals surface area (Å²) in [7, 11) is 1.35. The van der Waals surface area contributed by atoms with Crippen molar-refractivity contribution in [3.8, 4) is 5.88 Å². The maximum Gasteiger partial charge on any atom is 0.574 e. The number of amides is 2. The summed E-state index contributed by atoms with van der Waals surface area (Å²) in [4.78, 5) is 27.3. The third kappa shape index (κ3) is 5.51. The molecule has 1 heterocycles. The standard InChI is InChI=1S/C12H12F3N3O3/c1-3-10(20)18(2)7-9(19)17-8-5-4-6-16-11(8)21-12(13,14)15/h3-6H,1,7H2,2H3,(H,17,19). The molecular formula is C12H12F3N3O3. The van der Waals surface area contributed by atoms with E-state index in [-0.39, 0.29) is 12.2 Å². The Balaban J connectivity index is 2.77. The molecule has 0 saturated heterocycles. The van der Waals surface area contributed by atoms with Crippen LogP contribution >= 0.6 is 0 Å². The molecule has 0 spiro atoms. The molecule has 0 aromatic carbocycles. The van der Waals surface area contributed by atoms with Gasteiger partial charge in [0.25, 0.3) is 0 Å². The van der Waals surface area contributed by atoms with Crippen LogP contribution in [0.15, 0.2) is 31.0 Å². The van der Waals surface area contributed by atoms with Crippen LogP contribution in [0.1, 0.15) is 0 Å². The molecule has 0 saturated carbocycles. The molecule has 0 aliphatic heterocycles. The molecular weight excluding hydrogens is 291 g/mol. The first-order valence-electron chi connectivity index (χ1n) is 5.61. The summed E-state index contributed by atoms with van der Waals surface area (Å²) >= 11 is 0. The van der Waals surface area contributed by atoms with Crippen molar-refractivity contribution >= 4 is 17.5 Å². The zero-order valence-electron chi connectivity index (χ0n) is 11.0. The molecule has 0 radical (unpaired) electrons. The largest absolute Gasteiger partial charge is 0.574 e. The van der Waals surface area contributed by atoms with Gasteiger partial charge in [0.05, 0.1) is 6.54 Å². The van der Waals surface area contributed by atoms with Gasteiger partial charge in [-0.3, -0.25) is 9.59 Å². The second-order valence-electron chi connectivity index (χ2n) is 3.85. The Labute approximate surface area is 118 Å². The summed E-state index contributed by atoms with van der Waals surface area (Å²) in [5.41, 5.74) is -0.251. The number of carbonyl (C=O) groups is 2. The third-order valence-electron chi connectivity index (χ3n) is 2.19. The van der Waals surface area contributed by atoms with Gasteiger partial charge in [-0.1, -0.05) is 6.58 Å². The van der Waals surface area contributed by atoms with Crippen LogP contribution in [0, 0.1) is 0 Å². The molecule has 0 aliphatic carbocycles. The van der Waals surface area contributed by atoms with E-state index in [1.165, 1.54) is 19.2 Å². The van der Waals surface area contributed by atoms with Crippen LogP contribution in [0.2, 0.25) is 0 Å². The van der Waals surface area contributed by atoms with Gasteiger partial charge in [-0.05, 0) is 18.2 Å². The van der Waals surface area contributed by atoms with Crippen LogP contribution < -0.4 is 10.1 Å². The number of hydrogen-bond donors (Lipinski definition) is 1. The SMILES string of the molecule is C=CC(=O)N(C)CC(=O)Nc1cccnc1OC(F)(F)F. The van der Waals surface area contributed by atoms with E-state index >= 15 is 0 Å². The number of carbonyl (C=O) groups excluding carboxylic acids is 2. The zero-order valence-corrected chi connectivity index (χ0v) is 11.0. The number of alkyl halides is 3. The van der Waals surface area contributed by atoms with Crippen LogP contribution in [-0.2, 0) is 9.59 Å². The van der Waals surface area contributed by atoms with Crippen molar-refractivity contribution in [2.24, 2.45) is 0 Å². The normalized spacial score (nSPS) is 10.7. The quantitative estimate of drug-likeness (QED) is 0.838. The van der Waals surface area contributed by atoms with Crippen LogP contribution in [0.4, 0.5) is 18.9 Å². The Hall–Kier alpha value is -2.58. The number of halogens is 3. The molecule has 1 N–H and O–H groups in total. The number of hydrogen-bond acceptors (Lipinski definition) is 4. The van der Waals surface area contributed by atoms with Crippen molar-refractivity contribution in [1.82, 2.24) is 9.88 Å². The molecule has 2 amide bonds. The lowest BCUT2D eigenvalue weighted by atomic mass is 10.4. The Morgan fingerprint density at radius 2 is 2.19 bits per heavy atom. The van der Waals surface area contributed by atoms with Crippen molar-refractivity contribution in [2.45, 2.75) is 6.36 Å². The summed E-state index contributed by atoms with van der Waals surface area (Å²) in [5.74, 6) is -1.98. The number of pyridine rings is 1. The minimum Gasteiger partial charge on any atom is -0.386 e. The minimum atomic E-state index is -4.93. The number of ether oxygens (including phenoxy) is 1. The fraction of sp³-hybridized carbons (Fsp3) is 0.250. The number of nitrogens with one attached hydrogen (secondary N) is 1. The van der Waals surface area contributed by atoms with Gasteiger partial charge in [0.2, 0.25) is 17.7 Å². The number of anilines is 1. The van der Waals surface area contributed by atoms with Crippen molar-refractivity contribution < 1.29 is 27.5 Å². The van der Waals surface area contributed by atoms with E-state index in [2.05, 4.69) is 21.6 Å². The molecule has 0 fully saturated rings. The van der Waals surface area contributed by atoms with Crippen molar-refractivity contribution in [3.05, 3.63) is 31.0 Å². The van der Waals surface area contributed by atoms with Crippen LogP contribution in [0.25, 0.3) is 0 Å². The second kappa shape index (κ2) is 6.73. The van der Waals surface area contributed by atoms with Gasteiger partial charge in [0.1, 0.15) is 5.69 Å². The fourth-order valence-corrected chi connectivity index (χ4v) is 1.32. The highest BCUT2D eigenvalue weighted by Crippen LogP contribution is 2.27. The van der Waals surface area contributed by atoms with E-state index in [0.29, 0.717) is 0 Å². The smallest absolute Gasteiger partial charge is 0.386 e. The molecule has 1 rings (SSSR count). The van der Waals surface area contributed by atoms with E-state index in [4.69, 9.17) is 0 Å². The first-order chi connectivity index (χ1) is 9.73. The van der Waals surface area contributed by atoms with E-state index < -0.39 is 24.1 Å². The predicted molar refractivity (Wildman–Crippen MR) is 67.4 cm³/mol. The lowest BCUT2D eigenvalue weighted by molar-refractivity contribution is -0.275. The van der Waals surface area contributed by atoms with Crippen molar-refractivity contribution in [2.75, 3.05) is 18.9 Å². The van der Waals surface area contributed by atoms with E-state index in [0.717, 1.165) is 17.2 Å². The van der Waals surface area contributed by atoms with Gasteiger partial charge in [-0.15, -0.1) is 13.2 Å². The summed E-state index contributed by atoms with van der Waals surface area (Å²) < 4.78 is 40.2. The van der Waals surface area contributed by atoms with E-state index in [1.807, 2.05) is 0 Å². The van der Waals surface area contributed by atoms with Gasteiger partial charge in [-0.25, -0.2) is 4.98 Å². The number of rotatable bonds is 5. The zero-order chi connectivity index (χ0) is 16.0. The number of nitrogens with zero attached hydrogens (tertiary/aromatic N) is 2. The molecule has 9 heteroatoms. The molecule has 6 nitrogen and oxygen atoms in total. The van der Waals surface area contributed by atoms with E-state index in [1.54, 1.807) is 0 Å². The highest BCUT2D eigenvalue weighted by Gasteiger charge is 2.33. The molecule has 0 aliphatic rings. The summed E-state index contributed by atoms with van der Waals surface area (Å²) in [6, 6.07) is 2.53. The topological polar surface area (TPSA) is 71.5 Å². The molecule has 0 bridgehead atoms. The first-order valence-corrected chi connectivity index (χ1v) is 5.61. The maximum atomic E-state index is 12.2. The Morgan fingerprint density at radius 1 is 1.52 bits per heavy atom. The predicted octanol–water partition coefficient (Wildman–Crippen LogP) is 1.56. The maximum absolute atomic E-state index is 12.2. The van der Waals surface area contributed by atoms with Gasteiger partial charge >= 0.3 is 6.36 Å². The second-order valence-corrected chi connectivity index (χ2v) is 3.85. The molecule has 0 atom stereocenters. The minimum absolute atomic E-state index is 0.251. The number of likely N-dealkylation sites (N-methyl/N-ethyl adjacent to an activating group) is 1. The third-order valence-corrected chi connectivity index (χ3v) is 2.19. The van der Waals surface area contributed by atoms with Crippen LogP contribution in [0.5, 0.6) is 5.88 Å². The molecule has 114 valence electrons. The molecule has 1 aromatic heterocycles. The molecule has 0 unspecified atom stereocenters. The summed E-state index contributed by atoms with van der Waals surface area (Å²) in [6.07, 6.45) is -2.83. The average molecular weight is 303 g/mol. The average Bonchev–Trinajstić information content (AvgIpc) is 2.38. The van der Waals surface area contributed by atoms with Gasteiger partial charge in [-0.2, -0.15) is 0 Å². The van der Waals surface area contributed by atoms with Gasteiger partial charge in [0.15, 0.2) is 0 Å². The Morgan fingerprint density at radius 3 is 2.76 bits per heavy atom. The van der Waals surface area contributed by atoms with Crippen LogP contribution in [-0.4, -0.2) is 41.7 Å². The molecule has 1 aromatic rings. The first kappa shape index (κ1) is 16.5. The van der Waals surface area contributed by atoms with E-state index in [9.17, 15) is 22.8 Å².